The number of hydrogen-bond donors (Lipinski definition) is 0. The first-order valence-corrected chi connectivity index (χ1v) is 8.60. The Morgan fingerprint density at radius 1 is 0.962 bits per heavy atom. The Labute approximate surface area is 152 Å². The van der Waals surface area contributed by atoms with Gasteiger partial charge in [-0.15, -0.1) is 0 Å². The largest absolute Gasteiger partial charge is 0.461 e. The zero-order valence-electron chi connectivity index (χ0n) is 15.5. The van der Waals surface area contributed by atoms with Crippen LogP contribution in [0.1, 0.15) is 33.4 Å². The van der Waals surface area contributed by atoms with Crippen molar-refractivity contribution in [3.8, 4) is 0 Å². The first-order chi connectivity index (χ1) is 12.3. The lowest BCUT2D eigenvalue weighted by Crippen LogP contribution is -2.10. The molecule has 0 saturated heterocycles. The average Bonchev–Trinajstić information content (AvgIpc) is 2.59. The first kappa shape index (κ1) is 17.9. The minimum absolute atomic E-state index is 0.0499. The van der Waals surface area contributed by atoms with Crippen LogP contribution in [0.2, 0.25) is 0 Å². The Morgan fingerprint density at radius 2 is 1.69 bits per heavy atom. The lowest BCUT2D eigenvalue weighted by molar-refractivity contribution is -0.144. The summed E-state index contributed by atoms with van der Waals surface area (Å²) in [5.74, 6) is -0.321. The van der Waals surface area contributed by atoms with Gasteiger partial charge in [-0.25, -0.2) is 4.79 Å². The Kier molecular flexibility index (Phi) is 4.94. The number of fused-ring (bicyclic) bond motifs is 1. The molecule has 4 nitrogen and oxygen atoms in total. The number of aryl methyl sites for hydroxylation is 4. The van der Waals surface area contributed by atoms with Crippen molar-refractivity contribution in [2.75, 3.05) is 0 Å². The normalized spacial score (nSPS) is 10.9. The zero-order valence-corrected chi connectivity index (χ0v) is 15.5. The third-order valence-electron chi connectivity index (χ3n) is 4.83. The number of carbonyl (C=O) groups is 1. The molecule has 1 aromatic heterocycles. The molecule has 134 valence electrons. The second kappa shape index (κ2) is 7.16. The molecule has 0 aliphatic heterocycles. The van der Waals surface area contributed by atoms with E-state index in [-0.39, 0.29) is 19.0 Å². The Bertz CT molecular complexity index is 1040. The minimum atomic E-state index is -0.439. The van der Waals surface area contributed by atoms with E-state index >= 15 is 0 Å². The minimum Gasteiger partial charge on any atom is -0.461 e. The van der Waals surface area contributed by atoms with Crippen LogP contribution in [0, 0.1) is 27.7 Å². The van der Waals surface area contributed by atoms with E-state index in [1.807, 2.05) is 58.0 Å². The molecule has 2 aromatic carbocycles. The maximum atomic E-state index is 12.2. The van der Waals surface area contributed by atoms with Crippen LogP contribution < -0.4 is 5.63 Å². The average molecular weight is 350 g/mol. The van der Waals surface area contributed by atoms with Crippen molar-refractivity contribution in [3.63, 3.8) is 0 Å². The number of rotatable bonds is 4. The van der Waals surface area contributed by atoms with Crippen molar-refractivity contribution in [2.24, 2.45) is 0 Å². The van der Waals surface area contributed by atoms with Gasteiger partial charge in [0.05, 0.1) is 6.42 Å². The molecule has 0 atom stereocenters. The van der Waals surface area contributed by atoms with Gasteiger partial charge in [0.15, 0.2) is 0 Å². The molecule has 0 radical (unpaired) electrons. The van der Waals surface area contributed by atoms with Gasteiger partial charge in [0, 0.05) is 17.0 Å². The first-order valence-electron chi connectivity index (χ1n) is 8.60. The molecule has 26 heavy (non-hydrogen) atoms. The van der Waals surface area contributed by atoms with Crippen LogP contribution in [0.3, 0.4) is 0 Å². The van der Waals surface area contributed by atoms with Gasteiger partial charge in [-0.1, -0.05) is 30.3 Å². The molecule has 0 saturated carbocycles. The molecule has 0 N–H and O–H groups in total. The van der Waals surface area contributed by atoms with Crippen molar-refractivity contribution < 1.29 is 13.9 Å². The Morgan fingerprint density at radius 3 is 2.42 bits per heavy atom. The van der Waals surface area contributed by atoms with Crippen molar-refractivity contribution >= 4 is 16.9 Å². The molecule has 0 aliphatic carbocycles. The Balaban J connectivity index is 1.79. The highest BCUT2D eigenvalue weighted by Gasteiger charge is 2.12. The SMILES string of the molecule is Cc1ccc(CC(=O)OCc2cc(=O)oc3c(C)c(C)ccc23)cc1C. The topological polar surface area (TPSA) is 56.5 Å². The molecule has 1 heterocycles. The van der Waals surface area contributed by atoms with Crippen molar-refractivity contribution in [3.05, 3.63) is 80.2 Å². The molecular weight excluding hydrogens is 328 g/mol. The van der Waals surface area contributed by atoms with E-state index in [4.69, 9.17) is 9.15 Å². The molecule has 0 spiro atoms. The van der Waals surface area contributed by atoms with E-state index < -0.39 is 5.63 Å². The molecule has 4 heteroatoms. The van der Waals surface area contributed by atoms with Gasteiger partial charge >= 0.3 is 11.6 Å². The van der Waals surface area contributed by atoms with E-state index in [0.29, 0.717) is 11.1 Å². The summed E-state index contributed by atoms with van der Waals surface area (Å²) in [5, 5.41) is 0.798. The standard InChI is InChI=1S/C22H22O4/c1-13-5-7-17(9-15(13)3)10-20(23)25-12-18-11-21(24)26-22-16(4)14(2)6-8-19(18)22/h5-9,11H,10,12H2,1-4H3. The van der Waals surface area contributed by atoms with Crippen LogP contribution in [0.4, 0.5) is 0 Å². The van der Waals surface area contributed by atoms with Crippen LogP contribution in [0.25, 0.3) is 11.0 Å². The summed E-state index contributed by atoms with van der Waals surface area (Å²) < 4.78 is 10.8. The van der Waals surface area contributed by atoms with Crippen LogP contribution in [-0.4, -0.2) is 5.97 Å². The van der Waals surface area contributed by atoms with Gasteiger partial charge < -0.3 is 9.15 Å². The second-order valence-electron chi connectivity index (χ2n) is 6.73. The molecule has 0 fully saturated rings. The number of benzene rings is 2. The summed E-state index contributed by atoms with van der Waals surface area (Å²) in [6, 6.07) is 11.2. The highest BCUT2D eigenvalue weighted by molar-refractivity contribution is 5.84. The number of ether oxygens (including phenoxy) is 1. The van der Waals surface area contributed by atoms with E-state index in [2.05, 4.69) is 0 Å². The number of esters is 1. The van der Waals surface area contributed by atoms with E-state index in [1.54, 1.807) is 0 Å². The fourth-order valence-corrected chi connectivity index (χ4v) is 2.93. The van der Waals surface area contributed by atoms with Crippen LogP contribution in [-0.2, 0) is 22.6 Å². The summed E-state index contributed by atoms with van der Waals surface area (Å²) in [6.45, 7) is 7.98. The predicted octanol–water partition coefficient (Wildman–Crippen LogP) is 4.31. The zero-order chi connectivity index (χ0) is 18.8. The van der Waals surface area contributed by atoms with Gasteiger partial charge in [0.25, 0.3) is 0 Å². The van der Waals surface area contributed by atoms with E-state index in [9.17, 15) is 9.59 Å². The summed E-state index contributed by atoms with van der Waals surface area (Å²) in [4.78, 5) is 24.1. The van der Waals surface area contributed by atoms with Crippen LogP contribution in [0.5, 0.6) is 0 Å². The molecule has 0 amide bonds. The van der Waals surface area contributed by atoms with E-state index in [1.165, 1.54) is 11.6 Å². The second-order valence-corrected chi connectivity index (χ2v) is 6.73. The predicted molar refractivity (Wildman–Crippen MR) is 101 cm³/mol. The fourth-order valence-electron chi connectivity index (χ4n) is 2.93. The maximum absolute atomic E-state index is 12.2. The summed E-state index contributed by atoms with van der Waals surface area (Å²) in [7, 11) is 0. The van der Waals surface area contributed by atoms with E-state index in [0.717, 1.165) is 27.6 Å². The summed E-state index contributed by atoms with van der Waals surface area (Å²) in [6.07, 6.45) is 0.207. The van der Waals surface area contributed by atoms with Gasteiger partial charge in [0.2, 0.25) is 0 Å². The smallest absolute Gasteiger partial charge is 0.336 e. The molecule has 0 aliphatic rings. The number of carbonyl (C=O) groups excluding carboxylic acids is 1. The quantitative estimate of drug-likeness (QED) is 0.520. The lowest BCUT2D eigenvalue weighted by Gasteiger charge is -2.10. The fraction of sp³-hybridized carbons (Fsp3) is 0.273. The van der Waals surface area contributed by atoms with Gasteiger partial charge in [-0.3, -0.25) is 4.79 Å². The third kappa shape index (κ3) is 3.69. The van der Waals surface area contributed by atoms with Crippen LogP contribution in [0.15, 0.2) is 45.6 Å². The van der Waals surface area contributed by atoms with Crippen LogP contribution >= 0.6 is 0 Å². The molecule has 3 rings (SSSR count). The third-order valence-corrected chi connectivity index (χ3v) is 4.83. The number of hydrogen-bond acceptors (Lipinski definition) is 4. The summed E-state index contributed by atoms with van der Waals surface area (Å²) >= 11 is 0. The lowest BCUT2D eigenvalue weighted by atomic mass is 10.0. The summed E-state index contributed by atoms with van der Waals surface area (Å²) in [5.41, 5.74) is 5.99. The molecule has 0 unspecified atom stereocenters. The van der Waals surface area contributed by atoms with Crippen molar-refractivity contribution in [1.29, 1.82) is 0 Å². The van der Waals surface area contributed by atoms with Crippen molar-refractivity contribution in [2.45, 2.75) is 40.7 Å². The van der Waals surface area contributed by atoms with Gasteiger partial charge in [-0.05, 0) is 55.5 Å². The monoisotopic (exact) mass is 350 g/mol. The Hall–Kier alpha value is -2.88. The maximum Gasteiger partial charge on any atom is 0.336 e. The highest BCUT2D eigenvalue weighted by atomic mass is 16.5. The van der Waals surface area contributed by atoms with Crippen molar-refractivity contribution in [1.82, 2.24) is 0 Å². The molecule has 3 aromatic rings. The van der Waals surface area contributed by atoms with Gasteiger partial charge in [0.1, 0.15) is 12.2 Å². The molecule has 0 bridgehead atoms. The molecular formula is C22H22O4. The van der Waals surface area contributed by atoms with Gasteiger partial charge in [-0.2, -0.15) is 0 Å². The highest BCUT2D eigenvalue weighted by Crippen LogP contribution is 2.23.